The van der Waals surface area contributed by atoms with Crippen molar-refractivity contribution in [2.45, 2.75) is 29.1 Å². The fraction of sp³-hybridized carbons (Fsp3) is 0.133. The Morgan fingerprint density at radius 1 is 0.659 bits per heavy atom. The monoisotopic (exact) mass is 602 g/mol. The molecule has 3 nitrogen and oxygen atoms in total. The fourth-order valence-corrected chi connectivity index (χ4v) is 6.78. The zero-order valence-corrected chi connectivity index (χ0v) is 23.5. The molecule has 4 rings (SSSR count). The van der Waals surface area contributed by atoms with Gasteiger partial charge in [0.25, 0.3) is 0 Å². The quantitative estimate of drug-likeness (QED) is 0.126. The Hall–Kier alpha value is -3.36. The Bertz CT molecular complexity index is 1600. The molecular weight excluding hydrogens is 579 g/mol. The standard InChI is InChI=1S/C29H20F6NO2S.CH3.Al/c30-28(31,32)23-15-11-20(12-16-23)19-26(21-13-17-24(18-14-21)29(33,34)35)27(22-7-3-1-4-8-22)36-39(37,38)25-9-5-2-6-10-25;;/h1-18,27,36H;1H3;/q;;+1. The first-order chi connectivity index (χ1) is 19.3. The topological polar surface area (TPSA) is 46.2 Å². The van der Waals surface area contributed by atoms with E-state index in [-0.39, 0.29) is 4.90 Å². The van der Waals surface area contributed by atoms with E-state index in [1.54, 1.807) is 48.5 Å². The van der Waals surface area contributed by atoms with E-state index in [2.05, 4.69) is 4.72 Å². The van der Waals surface area contributed by atoms with Crippen LogP contribution in [0.3, 0.4) is 0 Å². The Labute approximate surface area is 240 Å². The second-order valence-corrected chi connectivity index (χ2v) is 11.9. The van der Waals surface area contributed by atoms with Gasteiger partial charge in [-0.3, -0.25) is 0 Å². The van der Waals surface area contributed by atoms with Gasteiger partial charge in [-0.15, -0.1) is 0 Å². The molecule has 0 aliphatic heterocycles. The SMILES string of the molecule is [CH3][Al+]/[C](=C(/c1ccc(C(F)(F)F)cc1)C(NS(=O)(=O)c1ccccc1)c1ccccc1)c1ccc(C(F)(F)F)cc1. The third-order valence-corrected chi connectivity index (χ3v) is 9.03. The Morgan fingerprint density at radius 2 is 1.10 bits per heavy atom. The molecule has 0 heterocycles. The normalized spacial score (nSPS) is 13.7. The van der Waals surface area contributed by atoms with E-state index >= 15 is 0 Å². The van der Waals surface area contributed by atoms with E-state index in [0.29, 0.717) is 26.7 Å². The molecule has 0 amide bonds. The van der Waals surface area contributed by atoms with Gasteiger partial charge in [0.05, 0.1) is 0 Å². The van der Waals surface area contributed by atoms with E-state index < -0.39 is 54.8 Å². The van der Waals surface area contributed by atoms with Crippen LogP contribution in [-0.4, -0.2) is 23.6 Å². The molecule has 1 atom stereocenters. The molecule has 0 aliphatic rings. The molecule has 1 unspecified atom stereocenters. The molecule has 0 spiro atoms. The number of rotatable bonds is 8. The van der Waals surface area contributed by atoms with E-state index in [9.17, 15) is 34.8 Å². The summed E-state index contributed by atoms with van der Waals surface area (Å²) in [6, 6.07) is 23.8. The van der Waals surface area contributed by atoms with Crippen molar-refractivity contribution in [2.24, 2.45) is 0 Å². The van der Waals surface area contributed by atoms with Crippen molar-refractivity contribution in [1.82, 2.24) is 4.72 Å². The predicted octanol–water partition coefficient (Wildman–Crippen LogP) is 8.06. The van der Waals surface area contributed by atoms with Crippen LogP contribution in [0.25, 0.3) is 10.0 Å². The summed E-state index contributed by atoms with van der Waals surface area (Å²) in [6.45, 7) is 0. The molecule has 0 saturated carbocycles. The van der Waals surface area contributed by atoms with Crippen LogP contribution in [0.2, 0.25) is 5.79 Å². The molecule has 1 N–H and O–H groups in total. The average Bonchev–Trinajstić information content (AvgIpc) is 2.95. The van der Waals surface area contributed by atoms with Gasteiger partial charge in [-0.25, -0.2) is 0 Å². The first-order valence-electron chi connectivity index (χ1n) is 12.3. The van der Waals surface area contributed by atoms with Crippen LogP contribution in [0, 0.1) is 0 Å². The fourth-order valence-electron chi connectivity index (χ4n) is 4.39. The molecule has 0 radical (unpaired) electrons. The minimum absolute atomic E-state index is 0.0207. The van der Waals surface area contributed by atoms with Gasteiger partial charge in [0.1, 0.15) is 0 Å². The summed E-state index contributed by atoms with van der Waals surface area (Å²) < 4.78 is 110. The molecule has 4 aromatic carbocycles. The summed E-state index contributed by atoms with van der Waals surface area (Å²) in [6.07, 6.45) is -9.15. The minimum atomic E-state index is -4.59. The summed E-state index contributed by atoms with van der Waals surface area (Å²) in [5.41, 5.74) is -0.188. The molecule has 0 saturated heterocycles. The van der Waals surface area contributed by atoms with Gasteiger partial charge in [-0.05, 0) is 0 Å². The molecule has 11 heteroatoms. The average molecular weight is 603 g/mol. The maximum absolute atomic E-state index is 13.5. The van der Waals surface area contributed by atoms with Crippen LogP contribution in [0.15, 0.2) is 114 Å². The molecule has 0 bridgehead atoms. The maximum atomic E-state index is 13.5. The van der Waals surface area contributed by atoms with Gasteiger partial charge in [0.2, 0.25) is 0 Å². The number of alkyl halides is 6. The zero-order chi connectivity index (χ0) is 29.8. The second kappa shape index (κ2) is 12.3. The Balaban J connectivity index is 1.99. The number of sulfonamides is 1. The van der Waals surface area contributed by atoms with E-state index in [1.807, 2.05) is 5.79 Å². The summed E-state index contributed by atoms with van der Waals surface area (Å²) in [4.78, 5) is -0.0207. The van der Waals surface area contributed by atoms with Gasteiger partial charge in [0, 0.05) is 0 Å². The Kier molecular flexibility index (Phi) is 9.14. The van der Waals surface area contributed by atoms with Gasteiger partial charge in [-0.2, -0.15) is 0 Å². The number of halogens is 6. The second-order valence-electron chi connectivity index (χ2n) is 9.04. The van der Waals surface area contributed by atoms with Gasteiger partial charge in [-0.1, -0.05) is 0 Å². The summed E-state index contributed by atoms with van der Waals surface area (Å²) in [5.74, 6) is 1.82. The van der Waals surface area contributed by atoms with Crippen molar-refractivity contribution >= 4 is 35.3 Å². The van der Waals surface area contributed by atoms with Crippen LogP contribution in [0.5, 0.6) is 0 Å². The zero-order valence-electron chi connectivity index (χ0n) is 21.5. The van der Waals surface area contributed by atoms with Crippen molar-refractivity contribution < 1.29 is 34.8 Å². The third kappa shape index (κ3) is 7.29. The van der Waals surface area contributed by atoms with Crippen molar-refractivity contribution in [3.05, 3.63) is 137 Å². The number of hydrogen-bond acceptors (Lipinski definition) is 2. The molecular formula is C30H23AlF6NO2S+. The van der Waals surface area contributed by atoms with Crippen LogP contribution in [0.1, 0.15) is 33.9 Å². The summed E-state index contributed by atoms with van der Waals surface area (Å²) in [7, 11) is -4.15. The van der Waals surface area contributed by atoms with Crippen molar-refractivity contribution in [3.63, 3.8) is 0 Å². The van der Waals surface area contributed by atoms with E-state index in [4.69, 9.17) is 0 Å². The predicted molar refractivity (Wildman–Crippen MR) is 147 cm³/mol. The van der Waals surface area contributed by atoms with E-state index in [0.717, 1.165) is 24.3 Å². The first-order valence-corrected chi connectivity index (χ1v) is 15.5. The number of nitrogens with one attached hydrogen (secondary N) is 1. The van der Waals surface area contributed by atoms with Gasteiger partial charge < -0.3 is 0 Å². The molecule has 4 aromatic rings. The molecule has 0 fully saturated rings. The van der Waals surface area contributed by atoms with Crippen molar-refractivity contribution in [3.8, 4) is 0 Å². The summed E-state index contributed by atoms with van der Waals surface area (Å²) in [5, 5.41) is 0. The van der Waals surface area contributed by atoms with E-state index in [1.165, 1.54) is 36.4 Å². The van der Waals surface area contributed by atoms with Crippen molar-refractivity contribution in [2.75, 3.05) is 0 Å². The van der Waals surface area contributed by atoms with Gasteiger partial charge in [0.15, 0.2) is 0 Å². The van der Waals surface area contributed by atoms with Crippen LogP contribution >= 0.6 is 0 Å². The van der Waals surface area contributed by atoms with Crippen LogP contribution in [0.4, 0.5) is 26.3 Å². The number of hydrogen-bond donors (Lipinski definition) is 1. The van der Waals surface area contributed by atoms with Crippen LogP contribution < -0.4 is 4.72 Å². The first kappa shape index (κ1) is 30.6. The van der Waals surface area contributed by atoms with Gasteiger partial charge >= 0.3 is 241 Å². The molecule has 41 heavy (non-hydrogen) atoms. The summed E-state index contributed by atoms with van der Waals surface area (Å²) >= 11 is -0.667. The van der Waals surface area contributed by atoms with Crippen LogP contribution in [-0.2, 0) is 22.4 Å². The Morgan fingerprint density at radius 3 is 1.54 bits per heavy atom. The molecule has 0 aromatic heterocycles. The third-order valence-electron chi connectivity index (χ3n) is 6.37. The molecule has 0 aliphatic carbocycles. The molecule has 210 valence electrons. The van der Waals surface area contributed by atoms with Crippen molar-refractivity contribution in [1.29, 1.82) is 0 Å². The number of benzene rings is 4.